The minimum atomic E-state index is 1.28. The average Bonchev–Trinajstić information content (AvgIpc) is 2.35. The molecule has 0 aliphatic rings. The first kappa shape index (κ1) is 17.1. The molecule has 0 aromatic carbocycles. The van der Waals surface area contributed by atoms with E-state index >= 15 is 0 Å². The van der Waals surface area contributed by atoms with Crippen molar-refractivity contribution >= 4 is 11.8 Å². The smallest absolute Gasteiger partial charge is 0.00261 e. The summed E-state index contributed by atoms with van der Waals surface area (Å²) in [6.45, 7) is 4.55. The topological polar surface area (TPSA) is 0 Å². The van der Waals surface area contributed by atoms with Crippen molar-refractivity contribution in [3.63, 3.8) is 0 Å². The maximum absolute atomic E-state index is 2.36. The fraction of sp³-hybridized carbons (Fsp3) is 0.875. The minimum Gasteiger partial charge on any atom is -0.134 e. The monoisotopic (exact) mass is 256 g/mol. The molecule has 0 radical (unpaired) electrons. The van der Waals surface area contributed by atoms with Crippen molar-refractivity contribution in [3.8, 4) is 0 Å². The zero-order valence-electron chi connectivity index (χ0n) is 12.0. The van der Waals surface area contributed by atoms with Crippen LogP contribution in [0.1, 0.15) is 84.5 Å². The van der Waals surface area contributed by atoms with Gasteiger partial charge in [-0.15, -0.1) is 11.8 Å². The second kappa shape index (κ2) is 16.1. The predicted octanol–water partition coefficient (Wildman–Crippen LogP) is 6.56. The highest BCUT2D eigenvalue weighted by Crippen LogP contribution is 2.11. The van der Waals surface area contributed by atoms with E-state index in [1.165, 1.54) is 76.4 Å². The van der Waals surface area contributed by atoms with Gasteiger partial charge in [-0.05, 0) is 30.4 Å². The first-order valence-electron chi connectivity index (χ1n) is 7.68. The van der Waals surface area contributed by atoms with E-state index in [2.05, 4.69) is 25.3 Å². The molecule has 0 nitrogen and oxygen atoms in total. The highest BCUT2D eigenvalue weighted by atomic mass is 32.2. The molecule has 0 atom stereocenters. The molecule has 0 aromatic rings. The average molecular weight is 256 g/mol. The number of hydrogen-bond acceptors (Lipinski definition) is 1. The van der Waals surface area contributed by atoms with Crippen molar-refractivity contribution in [1.29, 1.82) is 0 Å². The van der Waals surface area contributed by atoms with Crippen molar-refractivity contribution < 1.29 is 0 Å². The summed E-state index contributed by atoms with van der Waals surface area (Å²) in [5.41, 5.74) is 0. The fourth-order valence-corrected chi connectivity index (χ4v) is 2.64. The standard InChI is InChI=1S/C16H32S/c1-3-5-7-9-11-13-15-17-16-14-12-10-8-6-4-2/h13,15H,3-12,14,16H2,1-2H3. The van der Waals surface area contributed by atoms with E-state index < -0.39 is 0 Å². The van der Waals surface area contributed by atoms with Crippen LogP contribution in [0, 0.1) is 0 Å². The van der Waals surface area contributed by atoms with Gasteiger partial charge in [-0.2, -0.15) is 0 Å². The second-order valence-electron chi connectivity index (χ2n) is 4.86. The highest BCUT2D eigenvalue weighted by Gasteiger charge is 1.89. The van der Waals surface area contributed by atoms with E-state index in [1.54, 1.807) is 0 Å². The molecule has 1 heteroatoms. The Hall–Kier alpha value is 0.0900. The Bertz CT molecular complexity index is 152. The Morgan fingerprint density at radius 3 is 2.00 bits per heavy atom. The van der Waals surface area contributed by atoms with Crippen molar-refractivity contribution in [2.45, 2.75) is 84.5 Å². The van der Waals surface area contributed by atoms with Gasteiger partial charge in [-0.1, -0.05) is 71.3 Å². The van der Waals surface area contributed by atoms with Crippen molar-refractivity contribution in [1.82, 2.24) is 0 Å². The summed E-state index contributed by atoms with van der Waals surface area (Å²) < 4.78 is 0. The third-order valence-corrected chi connectivity index (χ3v) is 3.94. The summed E-state index contributed by atoms with van der Waals surface area (Å²) in [6, 6.07) is 0. The van der Waals surface area contributed by atoms with Crippen LogP contribution >= 0.6 is 11.8 Å². The zero-order valence-corrected chi connectivity index (χ0v) is 12.9. The Labute approximate surface area is 114 Å². The van der Waals surface area contributed by atoms with Crippen LogP contribution < -0.4 is 0 Å². The molecule has 0 saturated heterocycles. The van der Waals surface area contributed by atoms with E-state index in [0.717, 1.165) is 0 Å². The van der Waals surface area contributed by atoms with Crippen LogP contribution in [0.3, 0.4) is 0 Å². The van der Waals surface area contributed by atoms with E-state index in [4.69, 9.17) is 0 Å². The fourth-order valence-electron chi connectivity index (χ4n) is 1.86. The molecule has 0 N–H and O–H groups in total. The number of hydrogen-bond donors (Lipinski definition) is 0. The normalized spacial score (nSPS) is 11.4. The quantitative estimate of drug-likeness (QED) is 0.336. The van der Waals surface area contributed by atoms with E-state index in [1.807, 2.05) is 11.8 Å². The molecule has 0 amide bonds. The number of thioether (sulfide) groups is 1. The third-order valence-electron chi connectivity index (χ3n) is 3.03. The number of rotatable bonds is 13. The Kier molecular flexibility index (Phi) is 16.2. The zero-order chi connectivity index (χ0) is 12.6. The molecule has 0 heterocycles. The molecule has 0 rings (SSSR count). The highest BCUT2D eigenvalue weighted by molar-refractivity contribution is 8.02. The summed E-state index contributed by atoms with van der Waals surface area (Å²) in [4.78, 5) is 0. The van der Waals surface area contributed by atoms with Crippen LogP contribution in [0.25, 0.3) is 0 Å². The molecular formula is C16H32S. The molecule has 0 bridgehead atoms. The Balaban J connectivity index is 2.99. The van der Waals surface area contributed by atoms with Crippen LogP contribution in [0.2, 0.25) is 0 Å². The van der Waals surface area contributed by atoms with Crippen molar-refractivity contribution in [2.75, 3.05) is 5.75 Å². The molecule has 0 spiro atoms. The van der Waals surface area contributed by atoms with E-state index in [-0.39, 0.29) is 0 Å². The maximum atomic E-state index is 2.36. The number of allylic oxidation sites excluding steroid dienone is 1. The largest absolute Gasteiger partial charge is 0.134 e. The van der Waals surface area contributed by atoms with Crippen LogP contribution in [0.5, 0.6) is 0 Å². The molecule has 0 saturated carbocycles. The first-order valence-corrected chi connectivity index (χ1v) is 8.73. The van der Waals surface area contributed by atoms with Gasteiger partial charge in [0.05, 0.1) is 0 Å². The van der Waals surface area contributed by atoms with Gasteiger partial charge < -0.3 is 0 Å². The van der Waals surface area contributed by atoms with E-state index in [0.29, 0.717) is 0 Å². The van der Waals surface area contributed by atoms with Crippen LogP contribution in [-0.4, -0.2) is 5.75 Å². The molecular weight excluding hydrogens is 224 g/mol. The summed E-state index contributed by atoms with van der Waals surface area (Å²) in [6.07, 6.45) is 17.6. The third kappa shape index (κ3) is 16.1. The van der Waals surface area contributed by atoms with Crippen molar-refractivity contribution in [2.24, 2.45) is 0 Å². The number of unbranched alkanes of at least 4 members (excludes halogenated alkanes) is 9. The lowest BCUT2D eigenvalue weighted by Gasteiger charge is -1.98. The summed E-state index contributed by atoms with van der Waals surface area (Å²) >= 11 is 2.00. The second-order valence-corrected chi connectivity index (χ2v) is 5.87. The van der Waals surface area contributed by atoms with Gasteiger partial charge >= 0.3 is 0 Å². The molecule has 0 aromatic heterocycles. The summed E-state index contributed by atoms with van der Waals surface area (Å²) in [7, 11) is 0. The van der Waals surface area contributed by atoms with Gasteiger partial charge in [0.2, 0.25) is 0 Å². The van der Waals surface area contributed by atoms with E-state index in [9.17, 15) is 0 Å². The van der Waals surface area contributed by atoms with Gasteiger partial charge in [0, 0.05) is 0 Å². The van der Waals surface area contributed by atoms with Crippen LogP contribution in [-0.2, 0) is 0 Å². The SMILES string of the molecule is CCCCCCC=CSCCCCCCCC. The van der Waals surface area contributed by atoms with Gasteiger partial charge in [-0.3, -0.25) is 0 Å². The summed E-state index contributed by atoms with van der Waals surface area (Å²) in [5, 5.41) is 2.32. The minimum absolute atomic E-state index is 1.28. The predicted molar refractivity (Wildman–Crippen MR) is 83.7 cm³/mol. The molecule has 0 fully saturated rings. The Morgan fingerprint density at radius 1 is 0.706 bits per heavy atom. The maximum Gasteiger partial charge on any atom is -0.00261 e. The van der Waals surface area contributed by atoms with Crippen LogP contribution in [0.4, 0.5) is 0 Å². The molecule has 0 aliphatic heterocycles. The lowest BCUT2D eigenvalue weighted by Crippen LogP contribution is -1.80. The molecule has 0 unspecified atom stereocenters. The molecule has 0 aliphatic carbocycles. The van der Waals surface area contributed by atoms with Gasteiger partial charge in [-0.25, -0.2) is 0 Å². The molecule has 17 heavy (non-hydrogen) atoms. The van der Waals surface area contributed by atoms with Gasteiger partial charge in [0.25, 0.3) is 0 Å². The van der Waals surface area contributed by atoms with Gasteiger partial charge in [0.1, 0.15) is 0 Å². The lowest BCUT2D eigenvalue weighted by molar-refractivity contribution is 0.627. The van der Waals surface area contributed by atoms with Gasteiger partial charge in [0.15, 0.2) is 0 Å². The van der Waals surface area contributed by atoms with Crippen LogP contribution in [0.15, 0.2) is 11.5 Å². The summed E-state index contributed by atoms with van der Waals surface area (Å²) in [5.74, 6) is 1.32. The lowest BCUT2D eigenvalue weighted by atomic mass is 10.1. The first-order chi connectivity index (χ1) is 8.41. The molecule has 102 valence electrons. The van der Waals surface area contributed by atoms with Crippen molar-refractivity contribution in [3.05, 3.63) is 11.5 Å². The Morgan fingerprint density at radius 2 is 1.29 bits per heavy atom.